The van der Waals surface area contributed by atoms with Gasteiger partial charge in [-0.1, -0.05) is 6.08 Å². The van der Waals surface area contributed by atoms with Gasteiger partial charge in [-0.25, -0.2) is 8.51 Å². The van der Waals surface area contributed by atoms with Gasteiger partial charge in [0.25, 0.3) is 0 Å². The Hall–Kier alpha value is -1.33. The maximum atomic E-state index is 12.9. The minimum Gasteiger partial charge on any atom is -0.493 e. The summed E-state index contributed by atoms with van der Waals surface area (Å²) >= 11 is 0. The Kier molecular flexibility index (Phi) is 5.53. The molecule has 0 saturated carbocycles. The van der Waals surface area contributed by atoms with Crippen molar-refractivity contribution in [2.45, 2.75) is 44.4 Å². The molecule has 2 atom stereocenters. The maximum Gasteiger partial charge on any atom is 0.161 e. The maximum absolute atomic E-state index is 12.9. The van der Waals surface area contributed by atoms with E-state index in [1.807, 2.05) is 39.0 Å². The highest BCUT2D eigenvalue weighted by Gasteiger charge is 2.35. The van der Waals surface area contributed by atoms with Crippen molar-refractivity contribution < 1.29 is 13.7 Å². The van der Waals surface area contributed by atoms with Gasteiger partial charge < -0.3 is 9.47 Å². The molecule has 0 fully saturated rings. The molecule has 1 aliphatic heterocycles. The van der Waals surface area contributed by atoms with Crippen LogP contribution >= 0.6 is 0 Å². The first-order chi connectivity index (χ1) is 10.8. The van der Waals surface area contributed by atoms with Crippen LogP contribution in [0.5, 0.6) is 11.5 Å². The molecule has 0 amide bonds. The zero-order valence-electron chi connectivity index (χ0n) is 14.7. The van der Waals surface area contributed by atoms with Crippen molar-refractivity contribution in [3.8, 4) is 11.5 Å². The van der Waals surface area contributed by atoms with Gasteiger partial charge in [-0.15, -0.1) is 6.58 Å². The highest BCUT2D eigenvalue weighted by atomic mass is 32.2. The fraction of sp³-hybridized carbons (Fsp3) is 0.556. The predicted molar refractivity (Wildman–Crippen MR) is 95.4 cm³/mol. The van der Waals surface area contributed by atoms with E-state index < -0.39 is 11.0 Å². The van der Waals surface area contributed by atoms with Gasteiger partial charge in [-0.05, 0) is 56.9 Å². The Labute approximate surface area is 142 Å². The molecule has 5 heteroatoms. The van der Waals surface area contributed by atoms with Gasteiger partial charge >= 0.3 is 0 Å². The van der Waals surface area contributed by atoms with Crippen LogP contribution in [0.3, 0.4) is 0 Å². The average molecular weight is 337 g/mol. The predicted octanol–water partition coefficient (Wildman–Crippen LogP) is 3.64. The number of hydrogen-bond acceptors (Lipinski definition) is 3. The fourth-order valence-corrected chi connectivity index (χ4v) is 4.35. The van der Waals surface area contributed by atoms with Crippen molar-refractivity contribution in [1.29, 1.82) is 0 Å². The van der Waals surface area contributed by atoms with E-state index in [2.05, 4.69) is 10.9 Å². The summed E-state index contributed by atoms with van der Waals surface area (Å²) in [7, 11) is 2.22. The first-order valence-electron chi connectivity index (χ1n) is 7.87. The summed E-state index contributed by atoms with van der Waals surface area (Å²) in [5, 5.41) is 0. The summed E-state index contributed by atoms with van der Waals surface area (Å²) in [6, 6.07) is 4.12. The number of nitrogens with zero attached hydrogens (tertiary/aromatic N) is 1. The van der Waals surface area contributed by atoms with E-state index in [0.29, 0.717) is 5.75 Å². The topological polar surface area (TPSA) is 38.8 Å². The van der Waals surface area contributed by atoms with Crippen LogP contribution in [0.25, 0.3) is 0 Å². The van der Waals surface area contributed by atoms with Crippen molar-refractivity contribution >= 4 is 11.0 Å². The second kappa shape index (κ2) is 7.05. The average Bonchev–Trinajstić information content (AvgIpc) is 2.52. The zero-order valence-corrected chi connectivity index (χ0v) is 15.5. The first kappa shape index (κ1) is 18.0. The van der Waals surface area contributed by atoms with Crippen LogP contribution in [0.1, 0.15) is 44.4 Å². The fourth-order valence-electron chi connectivity index (χ4n) is 2.96. The minimum absolute atomic E-state index is 0.0520. The standard InChI is InChI=1S/C18H27NO3S/c1-7-8-15-14-12-17(22-6)16(21-5)11-13(14)9-10-19(15)23(20)18(2,3)4/h7,11-12,15H,1,8-10H2,2-6H3/t15-,23+/m0/s1. The molecule has 23 heavy (non-hydrogen) atoms. The summed E-state index contributed by atoms with van der Waals surface area (Å²) in [5.41, 5.74) is 2.39. The molecule has 1 heterocycles. The molecule has 0 unspecified atom stereocenters. The van der Waals surface area contributed by atoms with E-state index in [-0.39, 0.29) is 10.8 Å². The molecule has 0 bridgehead atoms. The van der Waals surface area contributed by atoms with Gasteiger partial charge in [0, 0.05) is 6.54 Å². The molecule has 0 spiro atoms. The van der Waals surface area contributed by atoms with Gasteiger partial charge in [-0.2, -0.15) is 0 Å². The zero-order chi connectivity index (χ0) is 17.2. The minimum atomic E-state index is -1.06. The molecular weight excluding hydrogens is 310 g/mol. The van der Waals surface area contributed by atoms with Crippen LogP contribution in [0.15, 0.2) is 24.8 Å². The Morgan fingerprint density at radius 2 is 1.91 bits per heavy atom. The molecule has 1 aromatic rings. The Morgan fingerprint density at radius 3 is 2.43 bits per heavy atom. The van der Waals surface area contributed by atoms with Crippen LogP contribution < -0.4 is 9.47 Å². The lowest BCUT2D eigenvalue weighted by atomic mass is 9.92. The summed E-state index contributed by atoms with van der Waals surface area (Å²) < 4.78 is 25.6. The third-order valence-electron chi connectivity index (χ3n) is 4.08. The van der Waals surface area contributed by atoms with Crippen LogP contribution in [0.2, 0.25) is 0 Å². The molecule has 4 nitrogen and oxygen atoms in total. The van der Waals surface area contributed by atoms with Gasteiger partial charge in [0.1, 0.15) is 11.0 Å². The molecule has 128 valence electrons. The van der Waals surface area contributed by atoms with E-state index in [0.717, 1.165) is 30.7 Å². The van der Waals surface area contributed by atoms with E-state index in [1.165, 1.54) is 5.56 Å². The quantitative estimate of drug-likeness (QED) is 0.770. The van der Waals surface area contributed by atoms with E-state index in [1.54, 1.807) is 14.2 Å². The Balaban J connectivity index is 2.49. The van der Waals surface area contributed by atoms with Crippen LogP contribution in [-0.2, 0) is 17.4 Å². The molecule has 0 saturated heterocycles. The number of hydrogen-bond donors (Lipinski definition) is 0. The van der Waals surface area contributed by atoms with Gasteiger partial charge in [0.15, 0.2) is 11.5 Å². The molecule has 0 aliphatic carbocycles. The number of methoxy groups -OCH3 is 2. The Morgan fingerprint density at radius 1 is 1.30 bits per heavy atom. The van der Waals surface area contributed by atoms with Crippen molar-refractivity contribution in [3.63, 3.8) is 0 Å². The van der Waals surface area contributed by atoms with Crippen molar-refractivity contribution in [2.75, 3.05) is 20.8 Å². The number of fused-ring (bicyclic) bond motifs is 1. The molecule has 1 aliphatic rings. The van der Waals surface area contributed by atoms with Gasteiger partial charge in [-0.3, -0.25) is 0 Å². The molecular formula is C18H27NO3S. The summed E-state index contributed by atoms with van der Waals surface area (Å²) in [5.74, 6) is 1.46. The first-order valence-corrected chi connectivity index (χ1v) is 8.98. The largest absolute Gasteiger partial charge is 0.493 e. The van der Waals surface area contributed by atoms with E-state index >= 15 is 0 Å². The monoisotopic (exact) mass is 337 g/mol. The van der Waals surface area contributed by atoms with Crippen LogP contribution in [0.4, 0.5) is 0 Å². The Bertz CT molecular complexity index is 607. The molecule has 0 N–H and O–H groups in total. The lowest BCUT2D eigenvalue weighted by Crippen LogP contribution is -2.43. The molecule has 0 aromatic heterocycles. The molecule has 2 rings (SSSR count). The number of ether oxygens (including phenoxy) is 2. The highest BCUT2D eigenvalue weighted by molar-refractivity contribution is 7.84. The van der Waals surface area contributed by atoms with E-state index in [4.69, 9.17) is 9.47 Å². The van der Waals surface area contributed by atoms with Gasteiger partial charge in [0.05, 0.1) is 25.0 Å². The smallest absolute Gasteiger partial charge is 0.161 e. The molecule has 1 aromatic carbocycles. The summed E-state index contributed by atoms with van der Waals surface area (Å²) in [4.78, 5) is 0. The SMILES string of the molecule is C=CC[C@H]1c2cc(OC)c(OC)cc2CCN1[S@](=O)C(C)(C)C. The van der Waals surface area contributed by atoms with Gasteiger partial charge in [0.2, 0.25) is 0 Å². The lowest BCUT2D eigenvalue weighted by molar-refractivity contribution is 0.313. The molecule has 0 radical (unpaired) electrons. The van der Waals surface area contributed by atoms with E-state index in [9.17, 15) is 4.21 Å². The summed E-state index contributed by atoms with van der Waals surface area (Å²) in [6.45, 7) is 10.7. The third kappa shape index (κ3) is 3.61. The third-order valence-corrected chi connectivity index (χ3v) is 5.99. The second-order valence-corrected chi connectivity index (χ2v) is 8.89. The normalized spacial score (nSPS) is 19.8. The van der Waals surface area contributed by atoms with Crippen LogP contribution in [-0.4, -0.2) is 34.0 Å². The van der Waals surface area contributed by atoms with Crippen molar-refractivity contribution in [2.24, 2.45) is 0 Å². The van der Waals surface area contributed by atoms with Crippen LogP contribution in [0, 0.1) is 0 Å². The highest BCUT2D eigenvalue weighted by Crippen LogP contribution is 2.41. The van der Waals surface area contributed by atoms with Crippen molar-refractivity contribution in [3.05, 3.63) is 35.9 Å². The number of benzene rings is 1. The second-order valence-electron chi connectivity index (χ2n) is 6.70. The lowest BCUT2D eigenvalue weighted by Gasteiger charge is -2.39. The number of rotatable bonds is 5. The summed E-state index contributed by atoms with van der Waals surface area (Å²) in [6.07, 6.45) is 3.50. The van der Waals surface area contributed by atoms with Crippen molar-refractivity contribution in [1.82, 2.24) is 4.31 Å².